The van der Waals surface area contributed by atoms with E-state index in [2.05, 4.69) is 16.9 Å². The molecule has 0 aromatic carbocycles. The Labute approximate surface area is 111 Å². The smallest absolute Gasteiger partial charge is 0.250 e. The highest BCUT2D eigenvalue weighted by Gasteiger charge is 2.13. The van der Waals surface area contributed by atoms with Crippen molar-refractivity contribution in [1.29, 1.82) is 0 Å². The highest BCUT2D eigenvalue weighted by atomic mass is 16.2. The van der Waals surface area contributed by atoms with Crippen LogP contribution in [0.4, 0.5) is 5.69 Å². The van der Waals surface area contributed by atoms with Gasteiger partial charge in [-0.25, -0.2) is 0 Å². The Morgan fingerprint density at radius 1 is 1.53 bits per heavy atom. The molecule has 1 aromatic heterocycles. The van der Waals surface area contributed by atoms with Crippen LogP contribution >= 0.6 is 0 Å². The van der Waals surface area contributed by atoms with Crippen LogP contribution < -0.4 is 10.9 Å². The van der Waals surface area contributed by atoms with E-state index in [1.807, 2.05) is 0 Å². The molecule has 102 valence electrons. The summed E-state index contributed by atoms with van der Waals surface area (Å²) in [6.45, 7) is 7.17. The van der Waals surface area contributed by atoms with Gasteiger partial charge in [-0.3, -0.25) is 14.4 Å². The van der Waals surface area contributed by atoms with Crippen LogP contribution in [0.15, 0.2) is 29.7 Å². The van der Waals surface area contributed by atoms with E-state index in [0.717, 1.165) is 0 Å². The summed E-state index contributed by atoms with van der Waals surface area (Å²) >= 11 is 0. The van der Waals surface area contributed by atoms with E-state index in [9.17, 15) is 14.4 Å². The molecular weight excluding hydrogens is 246 g/mol. The van der Waals surface area contributed by atoms with Crippen LogP contribution in [0.2, 0.25) is 0 Å². The van der Waals surface area contributed by atoms with E-state index >= 15 is 0 Å². The predicted molar refractivity (Wildman–Crippen MR) is 72.9 cm³/mol. The number of hydrogen-bond acceptors (Lipinski definition) is 3. The number of nitrogens with one attached hydrogen (secondary N) is 2. The molecule has 0 spiro atoms. The van der Waals surface area contributed by atoms with Gasteiger partial charge in [0.2, 0.25) is 11.8 Å². The van der Waals surface area contributed by atoms with Crippen molar-refractivity contribution in [2.45, 2.75) is 13.8 Å². The normalized spacial score (nSPS) is 9.79. The lowest BCUT2D eigenvalue weighted by atomic mass is 10.3. The maximum absolute atomic E-state index is 11.8. The van der Waals surface area contributed by atoms with Crippen molar-refractivity contribution in [2.75, 3.05) is 18.4 Å². The summed E-state index contributed by atoms with van der Waals surface area (Å²) in [5.74, 6) is -0.626. The quantitative estimate of drug-likeness (QED) is 0.765. The highest BCUT2D eigenvalue weighted by Crippen LogP contribution is 2.04. The van der Waals surface area contributed by atoms with Gasteiger partial charge in [0.1, 0.15) is 6.54 Å². The number of hydrogen-bond donors (Lipinski definition) is 2. The monoisotopic (exact) mass is 263 g/mol. The fourth-order valence-corrected chi connectivity index (χ4v) is 1.52. The van der Waals surface area contributed by atoms with Crippen LogP contribution in [0, 0.1) is 6.92 Å². The molecule has 2 amide bonds. The molecule has 1 rings (SSSR count). The second kappa shape index (κ2) is 6.53. The van der Waals surface area contributed by atoms with Gasteiger partial charge >= 0.3 is 0 Å². The van der Waals surface area contributed by atoms with Crippen molar-refractivity contribution in [1.82, 2.24) is 9.88 Å². The van der Waals surface area contributed by atoms with Crippen LogP contribution in [-0.4, -0.2) is 34.8 Å². The van der Waals surface area contributed by atoms with Crippen molar-refractivity contribution in [2.24, 2.45) is 0 Å². The van der Waals surface area contributed by atoms with E-state index in [1.165, 1.54) is 17.2 Å². The number of likely N-dealkylation sites (N-methyl/N-ethyl adjacent to an activating group) is 1. The van der Waals surface area contributed by atoms with Gasteiger partial charge in [0.15, 0.2) is 0 Å². The van der Waals surface area contributed by atoms with Gasteiger partial charge in [-0.2, -0.15) is 0 Å². The predicted octanol–water partition coefficient (Wildman–Crippen LogP) is 0.656. The molecule has 0 aliphatic carbocycles. The lowest BCUT2D eigenvalue weighted by molar-refractivity contribution is -0.130. The molecule has 1 heterocycles. The second-order valence-corrected chi connectivity index (χ2v) is 4.01. The Balaban J connectivity index is 2.69. The number of aromatic amines is 1. The Bertz CT molecular complexity index is 548. The van der Waals surface area contributed by atoms with Crippen molar-refractivity contribution in [3.05, 3.63) is 40.8 Å². The molecular formula is C13H17N3O3. The van der Waals surface area contributed by atoms with E-state index < -0.39 is 0 Å². The molecule has 0 saturated carbocycles. The van der Waals surface area contributed by atoms with Crippen molar-refractivity contribution < 1.29 is 9.59 Å². The summed E-state index contributed by atoms with van der Waals surface area (Å²) in [4.78, 5) is 38.2. The zero-order chi connectivity index (χ0) is 14.4. The Hall–Kier alpha value is -2.37. The number of pyridine rings is 1. The topological polar surface area (TPSA) is 82.3 Å². The van der Waals surface area contributed by atoms with Crippen LogP contribution in [-0.2, 0) is 9.59 Å². The summed E-state index contributed by atoms with van der Waals surface area (Å²) in [6.07, 6.45) is 2.58. The van der Waals surface area contributed by atoms with Gasteiger partial charge in [0.05, 0.1) is 5.69 Å². The first-order chi connectivity index (χ1) is 8.97. The lowest BCUT2D eigenvalue weighted by Crippen LogP contribution is -2.36. The Morgan fingerprint density at radius 3 is 2.74 bits per heavy atom. The van der Waals surface area contributed by atoms with E-state index in [1.54, 1.807) is 19.9 Å². The molecule has 0 aliphatic heterocycles. The fraction of sp³-hybridized carbons (Fsp3) is 0.308. The van der Waals surface area contributed by atoms with Crippen LogP contribution in [0.25, 0.3) is 0 Å². The largest absolute Gasteiger partial charge is 0.330 e. The van der Waals surface area contributed by atoms with E-state index in [0.29, 0.717) is 17.8 Å². The van der Waals surface area contributed by atoms with E-state index in [4.69, 9.17) is 0 Å². The maximum Gasteiger partial charge on any atom is 0.250 e. The first-order valence-corrected chi connectivity index (χ1v) is 5.88. The molecule has 6 heteroatoms. The molecule has 0 aliphatic rings. The number of H-pyrrole nitrogens is 1. The molecule has 1 aromatic rings. The molecule has 0 fully saturated rings. The van der Waals surface area contributed by atoms with Crippen molar-refractivity contribution in [3.63, 3.8) is 0 Å². The number of nitrogens with zero attached hydrogens (tertiary/aromatic N) is 1. The summed E-state index contributed by atoms with van der Waals surface area (Å²) in [5, 5.41) is 2.62. The van der Waals surface area contributed by atoms with Crippen LogP contribution in [0.3, 0.4) is 0 Å². The molecule has 0 unspecified atom stereocenters. The summed E-state index contributed by atoms with van der Waals surface area (Å²) in [6, 6.07) is 1.57. The molecule has 0 saturated heterocycles. The average molecular weight is 263 g/mol. The SMILES string of the molecule is C=CC(=O)N(CC)CC(=O)Nc1c[nH]c(=O)c(C)c1. The number of aryl methyl sites for hydroxylation is 1. The van der Waals surface area contributed by atoms with Crippen LogP contribution in [0.1, 0.15) is 12.5 Å². The molecule has 19 heavy (non-hydrogen) atoms. The van der Waals surface area contributed by atoms with Gasteiger partial charge in [0.25, 0.3) is 5.56 Å². The van der Waals surface area contributed by atoms with E-state index in [-0.39, 0.29) is 23.9 Å². The lowest BCUT2D eigenvalue weighted by Gasteiger charge is -2.18. The van der Waals surface area contributed by atoms with Gasteiger partial charge in [-0.1, -0.05) is 6.58 Å². The van der Waals surface area contributed by atoms with Gasteiger partial charge in [-0.05, 0) is 26.0 Å². The molecule has 2 N–H and O–H groups in total. The van der Waals surface area contributed by atoms with Gasteiger partial charge in [0, 0.05) is 18.3 Å². The summed E-state index contributed by atoms with van der Waals surface area (Å²) in [7, 11) is 0. The minimum Gasteiger partial charge on any atom is -0.330 e. The molecule has 0 atom stereocenters. The van der Waals surface area contributed by atoms with Gasteiger partial charge in [-0.15, -0.1) is 0 Å². The summed E-state index contributed by atoms with van der Waals surface area (Å²) < 4.78 is 0. The first kappa shape index (κ1) is 14.7. The number of anilines is 1. The molecule has 0 radical (unpaired) electrons. The van der Waals surface area contributed by atoms with Crippen LogP contribution in [0.5, 0.6) is 0 Å². The third-order valence-electron chi connectivity index (χ3n) is 2.58. The molecule has 6 nitrogen and oxygen atoms in total. The molecule has 0 bridgehead atoms. The Kier molecular flexibility index (Phi) is 5.05. The van der Waals surface area contributed by atoms with Gasteiger partial charge < -0.3 is 15.2 Å². The highest BCUT2D eigenvalue weighted by molar-refractivity contribution is 5.96. The minimum atomic E-state index is -0.330. The standard InChI is InChI=1S/C13H17N3O3/c1-4-12(18)16(5-2)8-11(17)15-10-6-9(3)13(19)14-7-10/h4,6-7H,1,5,8H2,2-3H3,(H,14,19)(H,15,17). The van der Waals surface area contributed by atoms with Crippen molar-refractivity contribution >= 4 is 17.5 Å². The maximum atomic E-state index is 11.8. The Morgan fingerprint density at radius 2 is 2.21 bits per heavy atom. The fourth-order valence-electron chi connectivity index (χ4n) is 1.52. The zero-order valence-electron chi connectivity index (χ0n) is 11.0. The second-order valence-electron chi connectivity index (χ2n) is 4.01. The summed E-state index contributed by atoms with van der Waals surface area (Å²) in [5.41, 5.74) is 0.798. The van der Waals surface area contributed by atoms with Crippen molar-refractivity contribution in [3.8, 4) is 0 Å². The zero-order valence-corrected chi connectivity index (χ0v) is 11.0. The first-order valence-electron chi connectivity index (χ1n) is 5.88. The number of carbonyl (C=O) groups is 2. The number of carbonyl (C=O) groups excluding carboxylic acids is 2. The average Bonchev–Trinajstić information content (AvgIpc) is 2.39. The minimum absolute atomic E-state index is 0.0560. The third-order valence-corrected chi connectivity index (χ3v) is 2.58. The number of aromatic nitrogens is 1. The third kappa shape index (κ3) is 4.09. The number of amides is 2. The number of rotatable bonds is 5.